The van der Waals surface area contributed by atoms with Crippen LogP contribution in [0, 0.1) is 5.92 Å². The molecule has 0 aromatic carbocycles. The van der Waals surface area contributed by atoms with Gasteiger partial charge >= 0.3 is 0 Å². The molecule has 0 amide bonds. The minimum absolute atomic E-state index is 0.676. The lowest BCUT2D eigenvalue weighted by Gasteiger charge is -2.25. The van der Waals surface area contributed by atoms with Crippen LogP contribution in [-0.4, -0.2) is 36.6 Å². The van der Waals surface area contributed by atoms with Gasteiger partial charge in [-0.2, -0.15) is 0 Å². The van der Waals surface area contributed by atoms with Gasteiger partial charge in [0.05, 0.1) is 0 Å². The summed E-state index contributed by atoms with van der Waals surface area (Å²) in [6.07, 6.45) is 6.77. The molecule has 2 heteroatoms. The second kappa shape index (κ2) is 8.10. The van der Waals surface area contributed by atoms with Gasteiger partial charge in [0.15, 0.2) is 0 Å². The van der Waals surface area contributed by atoms with Crippen molar-refractivity contribution in [3.8, 4) is 0 Å². The third kappa shape index (κ3) is 7.05. The zero-order valence-electron chi connectivity index (χ0n) is 12.3. The van der Waals surface area contributed by atoms with E-state index in [9.17, 15) is 0 Å². The van der Waals surface area contributed by atoms with E-state index in [4.69, 9.17) is 0 Å². The third-order valence-electron chi connectivity index (χ3n) is 3.65. The average molecular weight is 240 g/mol. The molecule has 0 heterocycles. The van der Waals surface area contributed by atoms with Crippen molar-refractivity contribution in [2.45, 2.75) is 71.9 Å². The summed E-state index contributed by atoms with van der Waals surface area (Å²) in [6.45, 7) is 13.0. The van der Waals surface area contributed by atoms with Crippen LogP contribution >= 0.6 is 0 Å². The molecule has 1 rings (SSSR count). The topological polar surface area (TPSA) is 15.3 Å². The van der Waals surface area contributed by atoms with Crippen LogP contribution in [0.25, 0.3) is 0 Å². The summed E-state index contributed by atoms with van der Waals surface area (Å²) in [7, 11) is 0. The Morgan fingerprint density at radius 1 is 1.12 bits per heavy atom. The molecule has 0 aromatic heterocycles. The van der Waals surface area contributed by atoms with E-state index in [1.165, 1.54) is 45.2 Å². The van der Waals surface area contributed by atoms with Crippen LogP contribution in [0.5, 0.6) is 0 Å². The summed E-state index contributed by atoms with van der Waals surface area (Å²) in [4.78, 5) is 2.73. The minimum atomic E-state index is 0.676. The summed E-state index contributed by atoms with van der Waals surface area (Å²) in [5.74, 6) is 0.840. The van der Waals surface area contributed by atoms with Gasteiger partial charge in [0.25, 0.3) is 0 Å². The molecule has 1 saturated carbocycles. The molecule has 1 aliphatic carbocycles. The van der Waals surface area contributed by atoms with E-state index >= 15 is 0 Å². The maximum Gasteiger partial charge on any atom is 0.00964 e. The van der Waals surface area contributed by atoms with Crippen LogP contribution in [0.1, 0.15) is 59.8 Å². The molecular weight excluding hydrogens is 208 g/mol. The SMILES string of the molecule is CCCNC(C)CCN(CCC(C)C)C1CC1. The maximum absolute atomic E-state index is 3.59. The van der Waals surface area contributed by atoms with E-state index in [2.05, 4.69) is 37.9 Å². The van der Waals surface area contributed by atoms with Gasteiger partial charge in [-0.3, -0.25) is 0 Å². The fourth-order valence-corrected chi connectivity index (χ4v) is 2.19. The van der Waals surface area contributed by atoms with E-state index in [0.717, 1.165) is 18.5 Å². The number of hydrogen-bond donors (Lipinski definition) is 1. The van der Waals surface area contributed by atoms with Crippen molar-refractivity contribution in [2.75, 3.05) is 19.6 Å². The predicted molar refractivity (Wildman–Crippen MR) is 76.4 cm³/mol. The second-order valence-electron chi connectivity index (χ2n) is 6.09. The second-order valence-corrected chi connectivity index (χ2v) is 6.09. The summed E-state index contributed by atoms with van der Waals surface area (Å²) in [5, 5.41) is 3.59. The number of nitrogens with zero attached hydrogens (tertiary/aromatic N) is 1. The Morgan fingerprint density at radius 2 is 1.76 bits per heavy atom. The molecule has 1 atom stereocenters. The van der Waals surface area contributed by atoms with Crippen molar-refractivity contribution in [1.82, 2.24) is 10.2 Å². The van der Waals surface area contributed by atoms with Crippen molar-refractivity contribution < 1.29 is 0 Å². The fraction of sp³-hybridized carbons (Fsp3) is 1.00. The van der Waals surface area contributed by atoms with Gasteiger partial charge in [-0.05, 0) is 64.6 Å². The van der Waals surface area contributed by atoms with Crippen molar-refractivity contribution in [3.05, 3.63) is 0 Å². The monoisotopic (exact) mass is 240 g/mol. The van der Waals surface area contributed by atoms with Crippen LogP contribution in [-0.2, 0) is 0 Å². The molecule has 0 aromatic rings. The highest BCUT2D eigenvalue weighted by Gasteiger charge is 2.28. The fourth-order valence-electron chi connectivity index (χ4n) is 2.19. The molecule has 2 nitrogen and oxygen atoms in total. The van der Waals surface area contributed by atoms with E-state index in [1.54, 1.807) is 0 Å². The standard InChI is InChI=1S/C15H32N2/c1-5-10-16-14(4)9-12-17(15-6-7-15)11-8-13(2)3/h13-16H,5-12H2,1-4H3. The number of hydrogen-bond acceptors (Lipinski definition) is 2. The van der Waals surface area contributed by atoms with E-state index < -0.39 is 0 Å². The van der Waals surface area contributed by atoms with Gasteiger partial charge < -0.3 is 10.2 Å². The largest absolute Gasteiger partial charge is 0.314 e. The first-order valence-corrected chi connectivity index (χ1v) is 7.61. The molecule has 1 unspecified atom stereocenters. The van der Waals surface area contributed by atoms with Gasteiger partial charge in [0.1, 0.15) is 0 Å². The Labute approximate surface area is 108 Å². The van der Waals surface area contributed by atoms with Crippen molar-refractivity contribution >= 4 is 0 Å². The molecule has 1 fully saturated rings. The number of rotatable bonds is 10. The van der Waals surface area contributed by atoms with E-state index in [0.29, 0.717) is 6.04 Å². The molecule has 0 spiro atoms. The summed E-state index contributed by atoms with van der Waals surface area (Å²) in [5.41, 5.74) is 0. The highest BCUT2D eigenvalue weighted by atomic mass is 15.2. The van der Waals surface area contributed by atoms with Crippen LogP contribution in [0.2, 0.25) is 0 Å². The molecule has 0 bridgehead atoms. The normalized spacial score (nSPS) is 18.0. The summed E-state index contributed by atoms with van der Waals surface area (Å²) >= 11 is 0. The average Bonchev–Trinajstić information content (AvgIpc) is 3.10. The van der Waals surface area contributed by atoms with Crippen LogP contribution in [0.4, 0.5) is 0 Å². The summed E-state index contributed by atoms with van der Waals surface area (Å²) in [6, 6.07) is 1.60. The Bertz CT molecular complexity index is 187. The molecule has 0 aliphatic heterocycles. The van der Waals surface area contributed by atoms with Crippen LogP contribution < -0.4 is 5.32 Å². The lowest BCUT2D eigenvalue weighted by molar-refractivity contribution is 0.235. The molecular formula is C15H32N2. The first kappa shape index (κ1) is 15.0. The van der Waals surface area contributed by atoms with Gasteiger partial charge in [-0.1, -0.05) is 20.8 Å². The van der Waals surface area contributed by atoms with E-state index in [1.807, 2.05) is 0 Å². The quantitative estimate of drug-likeness (QED) is 0.630. The highest BCUT2D eigenvalue weighted by Crippen LogP contribution is 2.27. The maximum atomic E-state index is 3.59. The molecule has 1 N–H and O–H groups in total. The zero-order chi connectivity index (χ0) is 12.7. The zero-order valence-corrected chi connectivity index (χ0v) is 12.3. The molecule has 102 valence electrons. The van der Waals surface area contributed by atoms with Crippen molar-refractivity contribution in [3.63, 3.8) is 0 Å². The minimum Gasteiger partial charge on any atom is -0.314 e. The Hall–Kier alpha value is -0.0800. The molecule has 1 aliphatic rings. The van der Waals surface area contributed by atoms with Crippen LogP contribution in [0.15, 0.2) is 0 Å². The molecule has 0 radical (unpaired) electrons. The van der Waals surface area contributed by atoms with Gasteiger partial charge in [-0.25, -0.2) is 0 Å². The number of nitrogens with one attached hydrogen (secondary N) is 1. The Kier molecular flexibility index (Phi) is 7.14. The first-order valence-electron chi connectivity index (χ1n) is 7.61. The van der Waals surface area contributed by atoms with Gasteiger partial charge in [0.2, 0.25) is 0 Å². The smallest absolute Gasteiger partial charge is 0.00964 e. The van der Waals surface area contributed by atoms with Crippen molar-refractivity contribution in [1.29, 1.82) is 0 Å². The lowest BCUT2D eigenvalue weighted by Crippen LogP contribution is -2.35. The van der Waals surface area contributed by atoms with Crippen LogP contribution in [0.3, 0.4) is 0 Å². The first-order chi connectivity index (χ1) is 8.13. The van der Waals surface area contributed by atoms with Gasteiger partial charge in [0, 0.05) is 12.1 Å². The Morgan fingerprint density at radius 3 is 2.29 bits per heavy atom. The lowest BCUT2D eigenvalue weighted by atomic mass is 10.1. The van der Waals surface area contributed by atoms with Gasteiger partial charge in [-0.15, -0.1) is 0 Å². The van der Waals surface area contributed by atoms with Crippen molar-refractivity contribution in [2.24, 2.45) is 5.92 Å². The third-order valence-corrected chi connectivity index (χ3v) is 3.65. The van der Waals surface area contributed by atoms with E-state index in [-0.39, 0.29) is 0 Å². The molecule has 17 heavy (non-hydrogen) atoms. The molecule has 0 saturated heterocycles. The highest BCUT2D eigenvalue weighted by molar-refractivity contribution is 4.85. The predicted octanol–water partition coefficient (Wildman–Crippen LogP) is 3.28. The summed E-state index contributed by atoms with van der Waals surface area (Å²) < 4.78 is 0. The Balaban J connectivity index is 2.15.